The molecule has 3 fully saturated rings. The highest BCUT2D eigenvalue weighted by molar-refractivity contribution is 5.38. The minimum absolute atomic E-state index is 0.385. The molecule has 0 aromatic rings. The monoisotopic (exact) mass is 412 g/mol. The Morgan fingerprint density at radius 1 is 1.07 bits per heavy atom. The second-order valence-corrected chi connectivity index (χ2v) is 11.0. The van der Waals surface area contributed by atoms with Crippen LogP contribution in [0.4, 0.5) is 0 Å². The second kappa shape index (κ2) is 9.57. The first kappa shape index (κ1) is 23.5. The van der Waals surface area contributed by atoms with Crippen molar-refractivity contribution in [2.45, 2.75) is 91.8 Å². The van der Waals surface area contributed by atoms with Crippen LogP contribution >= 0.6 is 0 Å². The van der Waals surface area contributed by atoms with Crippen molar-refractivity contribution >= 4 is 0 Å². The summed E-state index contributed by atoms with van der Waals surface area (Å²) in [6, 6.07) is 0. The average Bonchev–Trinajstić information content (AvgIpc) is 3.04. The normalized spacial score (nSPS) is 39.8. The van der Waals surface area contributed by atoms with Gasteiger partial charge < -0.3 is 10.2 Å². The van der Waals surface area contributed by atoms with Crippen LogP contribution < -0.4 is 0 Å². The molecule has 0 aromatic carbocycles. The molecule has 0 heterocycles. The molecule has 0 saturated heterocycles. The summed E-state index contributed by atoms with van der Waals surface area (Å²) in [6.07, 6.45) is 15.8. The molecule has 0 spiro atoms. The zero-order valence-corrected chi connectivity index (χ0v) is 19.9. The fourth-order valence-electron chi connectivity index (χ4n) is 6.32. The van der Waals surface area contributed by atoms with Crippen molar-refractivity contribution < 1.29 is 10.2 Å². The van der Waals surface area contributed by atoms with Gasteiger partial charge in [0.1, 0.15) is 0 Å². The lowest BCUT2D eigenvalue weighted by atomic mass is 9.61. The number of fused-ring (bicyclic) bond motifs is 1. The van der Waals surface area contributed by atoms with Crippen molar-refractivity contribution in [3.8, 4) is 0 Å². The van der Waals surface area contributed by atoms with Crippen LogP contribution in [-0.4, -0.2) is 22.4 Å². The maximum absolute atomic E-state index is 10.1. The van der Waals surface area contributed by atoms with E-state index >= 15 is 0 Å². The number of allylic oxidation sites excluding steroid dienone is 5. The van der Waals surface area contributed by atoms with Crippen molar-refractivity contribution in [2.24, 2.45) is 35.0 Å². The Hall–Kier alpha value is -1.12. The van der Waals surface area contributed by atoms with E-state index < -0.39 is 12.2 Å². The zero-order chi connectivity index (χ0) is 22.1. The van der Waals surface area contributed by atoms with E-state index in [1.54, 1.807) is 5.57 Å². The van der Waals surface area contributed by atoms with Gasteiger partial charge in [-0.2, -0.15) is 0 Å². The summed E-state index contributed by atoms with van der Waals surface area (Å²) in [7, 11) is 0. The molecule has 0 radical (unpaired) electrons. The summed E-state index contributed by atoms with van der Waals surface area (Å²) in [5.74, 6) is 3.38. The molecule has 0 bridgehead atoms. The van der Waals surface area contributed by atoms with E-state index in [1.165, 1.54) is 32.1 Å². The van der Waals surface area contributed by atoms with Gasteiger partial charge >= 0.3 is 0 Å². The van der Waals surface area contributed by atoms with Crippen LogP contribution in [0.1, 0.15) is 79.6 Å². The molecule has 7 atom stereocenters. The molecular formula is C28H44O2. The minimum Gasteiger partial charge on any atom is -0.393 e. The molecule has 2 N–H and O–H groups in total. The maximum Gasteiger partial charge on any atom is 0.0811 e. The minimum atomic E-state index is -0.605. The number of hydrogen-bond acceptors (Lipinski definition) is 2. The predicted molar refractivity (Wildman–Crippen MR) is 127 cm³/mol. The number of aliphatic hydroxyl groups excluding tert-OH is 2. The van der Waals surface area contributed by atoms with E-state index in [0.29, 0.717) is 41.9 Å². The molecule has 3 aliphatic rings. The highest BCUT2D eigenvalue weighted by atomic mass is 16.3. The highest BCUT2D eigenvalue weighted by Crippen LogP contribution is 2.59. The van der Waals surface area contributed by atoms with Gasteiger partial charge in [-0.25, -0.2) is 0 Å². The molecule has 2 nitrogen and oxygen atoms in total. The first-order valence-corrected chi connectivity index (χ1v) is 12.3. The molecule has 0 amide bonds. The molecule has 0 aromatic heterocycles. The van der Waals surface area contributed by atoms with E-state index in [-0.39, 0.29) is 0 Å². The van der Waals surface area contributed by atoms with Gasteiger partial charge in [-0.15, -0.1) is 0 Å². The summed E-state index contributed by atoms with van der Waals surface area (Å²) in [6.45, 7) is 16.0. The molecular weight excluding hydrogens is 368 g/mol. The van der Waals surface area contributed by atoms with Crippen LogP contribution in [0.5, 0.6) is 0 Å². The Kier molecular flexibility index (Phi) is 7.51. The second-order valence-electron chi connectivity index (χ2n) is 11.0. The van der Waals surface area contributed by atoms with Crippen LogP contribution in [0.25, 0.3) is 0 Å². The van der Waals surface area contributed by atoms with Gasteiger partial charge in [0, 0.05) is 6.42 Å². The lowest BCUT2D eigenvalue weighted by Gasteiger charge is -2.44. The molecule has 3 rings (SSSR count). The summed E-state index contributed by atoms with van der Waals surface area (Å²) >= 11 is 0. The Morgan fingerprint density at radius 2 is 1.80 bits per heavy atom. The van der Waals surface area contributed by atoms with Gasteiger partial charge in [0.05, 0.1) is 12.2 Å². The predicted octanol–water partition coefficient (Wildman–Crippen LogP) is 6.61. The lowest BCUT2D eigenvalue weighted by Crippen LogP contribution is -2.35. The smallest absolute Gasteiger partial charge is 0.0811 e. The van der Waals surface area contributed by atoms with E-state index in [9.17, 15) is 10.2 Å². The molecule has 3 aliphatic carbocycles. The van der Waals surface area contributed by atoms with Crippen molar-refractivity contribution in [1.82, 2.24) is 0 Å². The SMILES string of the molecule is C=C1C(=CC=C2CCC[C@@]3(C)C2CCC3[C@H](C)C=C[C@H](C)C(C)C)C[C@@H](O)C[C@@H]1O. The van der Waals surface area contributed by atoms with Gasteiger partial charge in [0.25, 0.3) is 0 Å². The first-order valence-electron chi connectivity index (χ1n) is 12.3. The Labute approximate surface area is 184 Å². The van der Waals surface area contributed by atoms with Crippen LogP contribution in [0.2, 0.25) is 0 Å². The van der Waals surface area contributed by atoms with Crippen LogP contribution in [0.3, 0.4) is 0 Å². The van der Waals surface area contributed by atoms with Gasteiger partial charge in [-0.1, -0.05) is 71.1 Å². The summed E-state index contributed by atoms with van der Waals surface area (Å²) in [5, 5.41) is 20.2. The van der Waals surface area contributed by atoms with Gasteiger partial charge in [-0.3, -0.25) is 0 Å². The lowest BCUT2D eigenvalue weighted by molar-refractivity contribution is 0.0862. The van der Waals surface area contributed by atoms with E-state index in [2.05, 4.69) is 65.5 Å². The highest BCUT2D eigenvalue weighted by Gasteiger charge is 2.50. The fourth-order valence-corrected chi connectivity index (χ4v) is 6.32. The van der Waals surface area contributed by atoms with Crippen LogP contribution in [-0.2, 0) is 0 Å². The van der Waals surface area contributed by atoms with Gasteiger partial charge in [0.15, 0.2) is 0 Å². The van der Waals surface area contributed by atoms with Crippen molar-refractivity contribution in [2.75, 3.05) is 0 Å². The van der Waals surface area contributed by atoms with Gasteiger partial charge in [-0.05, 0) is 84.7 Å². The topological polar surface area (TPSA) is 40.5 Å². The average molecular weight is 413 g/mol. The largest absolute Gasteiger partial charge is 0.393 e. The Balaban J connectivity index is 1.76. The summed E-state index contributed by atoms with van der Waals surface area (Å²) < 4.78 is 0. The Morgan fingerprint density at radius 3 is 2.50 bits per heavy atom. The molecule has 2 heteroatoms. The van der Waals surface area contributed by atoms with Crippen molar-refractivity contribution in [3.63, 3.8) is 0 Å². The number of rotatable bonds is 5. The van der Waals surface area contributed by atoms with E-state index in [1.807, 2.05) is 0 Å². The molecule has 30 heavy (non-hydrogen) atoms. The third kappa shape index (κ3) is 4.86. The van der Waals surface area contributed by atoms with E-state index in [4.69, 9.17) is 0 Å². The fraction of sp³-hybridized carbons (Fsp3) is 0.714. The first-order chi connectivity index (χ1) is 14.1. The summed E-state index contributed by atoms with van der Waals surface area (Å²) in [5.41, 5.74) is 3.77. The van der Waals surface area contributed by atoms with Crippen molar-refractivity contribution in [3.05, 3.63) is 47.6 Å². The molecule has 168 valence electrons. The maximum atomic E-state index is 10.1. The molecule has 2 unspecified atom stereocenters. The third-order valence-electron chi connectivity index (χ3n) is 8.71. The Bertz CT molecular complexity index is 712. The quantitative estimate of drug-likeness (QED) is 0.499. The zero-order valence-electron chi connectivity index (χ0n) is 19.9. The van der Waals surface area contributed by atoms with Crippen LogP contribution in [0, 0.1) is 35.0 Å². The molecule has 0 aliphatic heterocycles. The van der Waals surface area contributed by atoms with Crippen molar-refractivity contribution in [1.29, 1.82) is 0 Å². The summed E-state index contributed by atoms with van der Waals surface area (Å²) in [4.78, 5) is 0. The standard InChI is InChI=1S/C28H44O2/c1-18(2)19(3)9-10-20(4)25-13-14-26-22(8-7-15-28(25,26)6)11-12-23-16-24(29)17-27(30)21(23)5/h9-12,18-20,24-27,29-30H,5,7-8,13-17H2,1-4,6H3/t19-,20+,24+,25?,26?,27-,28+/m0/s1. The molecule has 3 saturated carbocycles. The van der Waals surface area contributed by atoms with Gasteiger partial charge in [0.2, 0.25) is 0 Å². The van der Waals surface area contributed by atoms with Crippen LogP contribution in [0.15, 0.2) is 47.6 Å². The third-order valence-corrected chi connectivity index (χ3v) is 8.71. The number of hydrogen-bond donors (Lipinski definition) is 2. The number of aliphatic hydroxyl groups is 2. The van der Waals surface area contributed by atoms with E-state index in [0.717, 1.165) is 17.1 Å².